The topological polar surface area (TPSA) is 44.5 Å². The van der Waals surface area contributed by atoms with Crippen molar-refractivity contribution in [2.24, 2.45) is 5.73 Å². The van der Waals surface area contributed by atoms with Gasteiger partial charge < -0.3 is 15.2 Å². The summed E-state index contributed by atoms with van der Waals surface area (Å²) in [6, 6.07) is 1.82. The zero-order valence-electron chi connectivity index (χ0n) is 10.3. The number of halogens is 5. The highest BCUT2D eigenvalue weighted by molar-refractivity contribution is 9.10. The van der Waals surface area contributed by atoms with Crippen molar-refractivity contribution in [2.75, 3.05) is 14.2 Å². The Kier molecular flexibility index (Phi) is 6.96. The number of benzene rings is 1. The highest BCUT2D eigenvalue weighted by atomic mass is 79.9. The maximum atomic E-state index is 12.3. The van der Waals surface area contributed by atoms with Gasteiger partial charge in [-0.15, -0.1) is 12.4 Å². The minimum absolute atomic E-state index is 0. The Bertz CT molecular complexity index is 429. The van der Waals surface area contributed by atoms with Crippen LogP contribution in [0.25, 0.3) is 0 Å². The fourth-order valence-electron chi connectivity index (χ4n) is 1.51. The molecule has 0 saturated carbocycles. The molecule has 3 nitrogen and oxygen atoms in total. The van der Waals surface area contributed by atoms with Gasteiger partial charge in [-0.2, -0.15) is 13.2 Å². The van der Waals surface area contributed by atoms with Crippen molar-refractivity contribution >= 4 is 28.3 Å². The molecule has 0 bridgehead atoms. The zero-order chi connectivity index (χ0) is 13.9. The van der Waals surface area contributed by atoms with Crippen LogP contribution >= 0.6 is 28.3 Å². The minimum Gasteiger partial charge on any atom is -0.493 e. The molecular formula is C11H14BrClF3NO2. The van der Waals surface area contributed by atoms with E-state index in [-0.39, 0.29) is 12.4 Å². The van der Waals surface area contributed by atoms with Gasteiger partial charge in [-0.05, 0) is 17.7 Å². The van der Waals surface area contributed by atoms with Crippen LogP contribution in [0.5, 0.6) is 11.5 Å². The smallest absolute Gasteiger partial charge is 0.390 e. The van der Waals surface area contributed by atoms with Gasteiger partial charge in [0.05, 0.1) is 20.6 Å². The number of hydrogen-bond donors (Lipinski definition) is 1. The Balaban J connectivity index is 0.00000324. The first-order valence-electron chi connectivity index (χ1n) is 5.02. The summed E-state index contributed by atoms with van der Waals surface area (Å²) in [4.78, 5) is 0. The van der Waals surface area contributed by atoms with E-state index in [1.165, 1.54) is 26.4 Å². The van der Waals surface area contributed by atoms with Gasteiger partial charge in [-0.25, -0.2) is 0 Å². The second kappa shape index (κ2) is 7.21. The van der Waals surface area contributed by atoms with Crippen LogP contribution in [0, 0.1) is 0 Å². The van der Waals surface area contributed by atoms with Crippen molar-refractivity contribution in [1.29, 1.82) is 0 Å². The number of ether oxygens (including phenoxy) is 2. The predicted molar refractivity (Wildman–Crippen MR) is 72.1 cm³/mol. The molecular weight excluding hydrogens is 350 g/mol. The van der Waals surface area contributed by atoms with Crippen molar-refractivity contribution in [3.05, 3.63) is 22.2 Å². The van der Waals surface area contributed by atoms with Crippen LogP contribution in [0.2, 0.25) is 0 Å². The lowest BCUT2D eigenvalue weighted by Crippen LogP contribution is -2.20. The molecule has 0 saturated heterocycles. The number of alkyl halides is 3. The first-order valence-corrected chi connectivity index (χ1v) is 5.81. The van der Waals surface area contributed by atoms with Crippen LogP contribution in [-0.2, 0) is 0 Å². The van der Waals surface area contributed by atoms with Crippen LogP contribution in [-0.4, -0.2) is 20.4 Å². The average molecular weight is 365 g/mol. The summed E-state index contributed by atoms with van der Waals surface area (Å²) < 4.78 is 47.4. The van der Waals surface area contributed by atoms with Gasteiger partial charge in [0.15, 0.2) is 11.5 Å². The molecule has 0 amide bonds. The minimum atomic E-state index is -4.31. The van der Waals surface area contributed by atoms with E-state index in [2.05, 4.69) is 15.9 Å². The third kappa shape index (κ3) is 5.08. The fraction of sp³-hybridized carbons (Fsp3) is 0.455. The molecule has 1 atom stereocenters. The van der Waals surface area contributed by atoms with E-state index in [1.807, 2.05) is 0 Å². The summed E-state index contributed by atoms with van der Waals surface area (Å²) >= 11 is 3.18. The Hall–Kier alpha value is -0.660. The van der Waals surface area contributed by atoms with E-state index in [0.29, 0.717) is 21.5 Å². The van der Waals surface area contributed by atoms with E-state index < -0.39 is 18.6 Å². The monoisotopic (exact) mass is 363 g/mol. The van der Waals surface area contributed by atoms with E-state index >= 15 is 0 Å². The molecule has 0 fully saturated rings. The van der Waals surface area contributed by atoms with Gasteiger partial charge in [0.1, 0.15) is 0 Å². The van der Waals surface area contributed by atoms with Crippen molar-refractivity contribution in [3.8, 4) is 11.5 Å². The van der Waals surface area contributed by atoms with Gasteiger partial charge in [0, 0.05) is 10.5 Å². The Morgan fingerprint density at radius 3 is 2.11 bits per heavy atom. The van der Waals surface area contributed by atoms with E-state index in [0.717, 1.165) is 0 Å². The SMILES string of the molecule is COc1cc(Br)c([C@@H](N)CC(F)(F)F)cc1OC.Cl. The second-order valence-corrected chi connectivity index (χ2v) is 4.51. The standard InChI is InChI=1S/C11H13BrF3NO2.ClH/c1-17-9-3-6(7(12)4-10(9)18-2)8(16)5-11(13,14)15;/h3-4,8H,5,16H2,1-2H3;1H/t8-;/m0./s1. The van der Waals surface area contributed by atoms with E-state index in [1.54, 1.807) is 0 Å². The number of nitrogens with two attached hydrogens (primary N) is 1. The van der Waals surface area contributed by atoms with Crippen molar-refractivity contribution in [2.45, 2.75) is 18.6 Å². The molecule has 1 aromatic carbocycles. The fourth-order valence-corrected chi connectivity index (χ4v) is 2.13. The molecule has 19 heavy (non-hydrogen) atoms. The van der Waals surface area contributed by atoms with Gasteiger partial charge in [-0.1, -0.05) is 15.9 Å². The molecule has 110 valence electrons. The molecule has 0 heterocycles. The van der Waals surface area contributed by atoms with E-state index in [4.69, 9.17) is 15.2 Å². The lowest BCUT2D eigenvalue weighted by Gasteiger charge is -2.18. The van der Waals surface area contributed by atoms with Crippen molar-refractivity contribution in [3.63, 3.8) is 0 Å². The van der Waals surface area contributed by atoms with Gasteiger partial charge in [0.25, 0.3) is 0 Å². The van der Waals surface area contributed by atoms with Crippen LogP contribution in [0.3, 0.4) is 0 Å². The molecule has 0 aromatic heterocycles. The largest absolute Gasteiger partial charge is 0.493 e. The van der Waals surface area contributed by atoms with Crippen LogP contribution in [0.1, 0.15) is 18.0 Å². The summed E-state index contributed by atoms with van der Waals surface area (Å²) in [5, 5.41) is 0. The normalized spacial score (nSPS) is 12.6. The third-order valence-electron chi connectivity index (χ3n) is 2.35. The lowest BCUT2D eigenvalue weighted by molar-refractivity contribution is -0.138. The molecule has 0 aliphatic heterocycles. The molecule has 1 aromatic rings. The van der Waals surface area contributed by atoms with Crippen LogP contribution < -0.4 is 15.2 Å². The Morgan fingerprint density at radius 2 is 1.68 bits per heavy atom. The molecule has 1 rings (SSSR count). The maximum absolute atomic E-state index is 12.3. The summed E-state index contributed by atoms with van der Waals surface area (Å²) in [5.41, 5.74) is 5.87. The number of rotatable bonds is 4. The number of hydrogen-bond acceptors (Lipinski definition) is 3. The highest BCUT2D eigenvalue weighted by Crippen LogP contribution is 2.38. The van der Waals surface area contributed by atoms with Crippen molar-refractivity contribution in [1.82, 2.24) is 0 Å². The molecule has 0 radical (unpaired) electrons. The molecule has 2 N–H and O–H groups in total. The summed E-state index contributed by atoms with van der Waals surface area (Å²) in [6.45, 7) is 0. The lowest BCUT2D eigenvalue weighted by atomic mass is 10.0. The first-order chi connectivity index (χ1) is 8.28. The van der Waals surface area contributed by atoms with Gasteiger partial charge in [0.2, 0.25) is 0 Å². The maximum Gasteiger partial charge on any atom is 0.390 e. The average Bonchev–Trinajstić information content (AvgIpc) is 2.26. The molecule has 0 aliphatic rings. The second-order valence-electron chi connectivity index (χ2n) is 3.65. The van der Waals surface area contributed by atoms with Crippen LogP contribution in [0.4, 0.5) is 13.2 Å². The highest BCUT2D eigenvalue weighted by Gasteiger charge is 2.32. The van der Waals surface area contributed by atoms with Gasteiger partial charge >= 0.3 is 6.18 Å². The third-order valence-corrected chi connectivity index (χ3v) is 3.04. The summed E-state index contributed by atoms with van der Waals surface area (Å²) in [7, 11) is 2.85. The number of methoxy groups -OCH3 is 2. The molecule has 8 heteroatoms. The summed E-state index contributed by atoms with van der Waals surface area (Å²) in [6.07, 6.45) is -5.41. The Labute approximate surface area is 123 Å². The van der Waals surface area contributed by atoms with Crippen molar-refractivity contribution < 1.29 is 22.6 Å². The van der Waals surface area contributed by atoms with E-state index in [9.17, 15) is 13.2 Å². The Morgan fingerprint density at radius 1 is 1.21 bits per heavy atom. The van der Waals surface area contributed by atoms with Gasteiger partial charge in [-0.3, -0.25) is 0 Å². The molecule has 0 spiro atoms. The quantitative estimate of drug-likeness (QED) is 0.883. The molecule has 0 unspecified atom stereocenters. The summed E-state index contributed by atoms with van der Waals surface area (Å²) in [5.74, 6) is 0.764. The predicted octanol–water partition coefficient (Wildman–Crippen LogP) is 3.84. The molecule has 0 aliphatic carbocycles. The van der Waals surface area contributed by atoms with Crippen LogP contribution in [0.15, 0.2) is 16.6 Å². The zero-order valence-corrected chi connectivity index (χ0v) is 12.7. The first kappa shape index (κ1) is 18.3.